The second-order valence-corrected chi connectivity index (χ2v) is 9.65. The average Bonchev–Trinajstić information content (AvgIpc) is 2.75. The number of nitrogens with zero attached hydrogens (tertiary/aromatic N) is 1. The van der Waals surface area contributed by atoms with E-state index in [2.05, 4.69) is 21.2 Å². The molecule has 1 saturated heterocycles. The molecule has 0 aliphatic carbocycles. The fraction of sp³-hybridized carbons (Fsp3) is 0.350. The molecule has 3 rings (SSSR count). The third kappa shape index (κ3) is 4.76. The molecule has 162 valence electrons. The number of carbonyl (C=O) groups is 1. The van der Waals surface area contributed by atoms with Crippen molar-refractivity contribution in [3.63, 3.8) is 0 Å². The van der Waals surface area contributed by atoms with Gasteiger partial charge in [-0.2, -0.15) is 4.31 Å². The van der Waals surface area contributed by atoms with Crippen LogP contribution in [0, 0.1) is 11.7 Å². The predicted octanol–water partition coefficient (Wildman–Crippen LogP) is 3.64. The third-order valence-electron chi connectivity index (χ3n) is 4.93. The van der Waals surface area contributed by atoms with Crippen LogP contribution >= 0.6 is 15.9 Å². The summed E-state index contributed by atoms with van der Waals surface area (Å²) in [6.45, 7) is 0.270. The van der Waals surface area contributed by atoms with Gasteiger partial charge in [0, 0.05) is 23.6 Å². The largest absolute Gasteiger partial charge is 0.497 e. The second-order valence-electron chi connectivity index (χ2n) is 6.83. The van der Waals surface area contributed by atoms with Crippen molar-refractivity contribution in [3.8, 4) is 11.5 Å². The van der Waals surface area contributed by atoms with Gasteiger partial charge in [-0.25, -0.2) is 12.8 Å². The van der Waals surface area contributed by atoms with Gasteiger partial charge < -0.3 is 14.8 Å². The molecule has 1 heterocycles. The zero-order valence-corrected chi connectivity index (χ0v) is 18.9. The minimum absolute atomic E-state index is 0.00726. The van der Waals surface area contributed by atoms with Gasteiger partial charge in [-0.05, 0) is 43.2 Å². The van der Waals surface area contributed by atoms with Gasteiger partial charge in [-0.15, -0.1) is 0 Å². The summed E-state index contributed by atoms with van der Waals surface area (Å²) in [4.78, 5) is 12.7. The summed E-state index contributed by atoms with van der Waals surface area (Å²) in [7, 11) is -1.09. The van der Waals surface area contributed by atoms with Gasteiger partial charge in [0.1, 0.15) is 22.2 Å². The van der Waals surface area contributed by atoms with Crippen LogP contribution in [0.25, 0.3) is 0 Å². The highest BCUT2D eigenvalue weighted by Gasteiger charge is 2.35. The SMILES string of the molecule is COc1ccc(OC)c(S(=O)(=O)N2CCC[C@@H](C(=O)Nc3ccc(Br)cc3F)C2)c1. The Balaban J connectivity index is 1.80. The summed E-state index contributed by atoms with van der Waals surface area (Å²) in [5.74, 6) is -1.02. The van der Waals surface area contributed by atoms with Gasteiger partial charge in [0.15, 0.2) is 0 Å². The van der Waals surface area contributed by atoms with Crippen LogP contribution in [0.3, 0.4) is 0 Å². The molecule has 0 saturated carbocycles. The number of nitrogens with one attached hydrogen (secondary N) is 1. The van der Waals surface area contributed by atoms with Crippen molar-refractivity contribution in [3.05, 3.63) is 46.7 Å². The van der Waals surface area contributed by atoms with E-state index >= 15 is 0 Å². The first-order valence-corrected chi connectivity index (χ1v) is 11.5. The molecule has 1 aliphatic heterocycles. The summed E-state index contributed by atoms with van der Waals surface area (Å²) in [5.41, 5.74) is 0.0534. The number of ether oxygens (including phenoxy) is 2. The minimum Gasteiger partial charge on any atom is -0.497 e. The molecule has 0 spiro atoms. The van der Waals surface area contributed by atoms with Gasteiger partial charge >= 0.3 is 0 Å². The zero-order chi connectivity index (χ0) is 21.9. The number of anilines is 1. The Morgan fingerprint density at radius 3 is 2.63 bits per heavy atom. The lowest BCUT2D eigenvalue weighted by molar-refractivity contribution is -0.120. The Morgan fingerprint density at radius 2 is 1.97 bits per heavy atom. The van der Waals surface area contributed by atoms with E-state index < -0.39 is 27.7 Å². The smallest absolute Gasteiger partial charge is 0.246 e. The Morgan fingerprint density at radius 1 is 1.20 bits per heavy atom. The van der Waals surface area contributed by atoms with Crippen LogP contribution in [0.15, 0.2) is 45.8 Å². The van der Waals surface area contributed by atoms with Crippen LogP contribution in [-0.2, 0) is 14.8 Å². The first kappa shape index (κ1) is 22.5. The molecule has 1 N–H and O–H groups in total. The van der Waals surface area contributed by atoms with E-state index in [1.54, 1.807) is 12.1 Å². The molecule has 10 heteroatoms. The number of amides is 1. The highest BCUT2D eigenvalue weighted by Crippen LogP contribution is 2.33. The van der Waals surface area contributed by atoms with Crippen molar-refractivity contribution < 1.29 is 27.1 Å². The van der Waals surface area contributed by atoms with Crippen molar-refractivity contribution in [2.24, 2.45) is 5.92 Å². The molecule has 0 unspecified atom stereocenters. The number of methoxy groups -OCH3 is 2. The molecular weight excluding hydrogens is 479 g/mol. The first-order chi connectivity index (χ1) is 14.3. The maximum absolute atomic E-state index is 14.0. The van der Waals surface area contributed by atoms with Crippen molar-refractivity contribution in [2.45, 2.75) is 17.7 Å². The number of rotatable bonds is 6. The molecule has 1 fully saturated rings. The maximum Gasteiger partial charge on any atom is 0.246 e. The quantitative estimate of drug-likeness (QED) is 0.654. The van der Waals surface area contributed by atoms with Crippen LogP contribution in [0.4, 0.5) is 10.1 Å². The summed E-state index contributed by atoms with van der Waals surface area (Å²) < 4.78 is 52.7. The number of hydrogen-bond donors (Lipinski definition) is 1. The Kier molecular flexibility index (Phi) is 6.99. The summed E-state index contributed by atoms with van der Waals surface area (Å²) in [6.07, 6.45) is 1.01. The molecule has 0 aromatic heterocycles. The predicted molar refractivity (Wildman–Crippen MR) is 114 cm³/mol. The van der Waals surface area contributed by atoms with Crippen LogP contribution in [-0.4, -0.2) is 45.9 Å². The molecule has 1 aliphatic rings. The van der Waals surface area contributed by atoms with Gasteiger partial charge in [0.2, 0.25) is 15.9 Å². The normalized spacial score (nSPS) is 17.4. The molecule has 2 aromatic carbocycles. The number of halogens is 2. The monoisotopic (exact) mass is 500 g/mol. The van der Waals surface area contributed by atoms with E-state index in [-0.39, 0.29) is 29.4 Å². The van der Waals surface area contributed by atoms with Crippen molar-refractivity contribution in [2.75, 3.05) is 32.6 Å². The van der Waals surface area contributed by atoms with E-state index in [9.17, 15) is 17.6 Å². The zero-order valence-electron chi connectivity index (χ0n) is 16.5. The summed E-state index contributed by atoms with van der Waals surface area (Å²) in [6, 6.07) is 8.85. The van der Waals surface area contributed by atoms with E-state index in [1.807, 2.05) is 0 Å². The van der Waals surface area contributed by atoms with Gasteiger partial charge in [0.05, 0.1) is 25.8 Å². The van der Waals surface area contributed by atoms with Crippen LogP contribution in [0.2, 0.25) is 0 Å². The van der Waals surface area contributed by atoms with Gasteiger partial charge in [0.25, 0.3) is 0 Å². The Hall–Kier alpha value is -2.17. The lowest BCUT2D eigenvalue weighted by atomic mass is 9.98. The minimum atomic E-state index is -3.92. The number of benzene rings is 2. The van der Waals surface area contributed by atoms with Gasteiger partial charge in [-0.3, -0.25) is 4.79 Å². The second kappa shape index (κ2) is 9.32. The number of carbonyl (C=O) groups excluding carboxylic acids is 1. The lowest BCUT2D eigenvalue weighted by Crippen LogP contribution is -2.43. The van der Waals surface area contributed by atoms with E-state index in [1.165, 1.54) is 42.8 Å². The van der Waals surface area contributed by atoms with E-state index in [4.69, 9.17) is 9.47 Å². The molecule has 1 atom stereocenters. The standard InChI is InChI=1S/C20H22BrFN2O5S/c1-28-15-6-8-18(29-2)19(11-15)30(26,27)24-9-3-4-13(12-24)20(25)23-17-7-5-14(21)10-16(17)22/h5-8,10-11,13H,3-4,9,12H2,1-2H3,(H,23,25)/t13-/m1/s1. The molecule has 1 amide bonds. The van der Waals surface area contributed by atoms with Crippen molar-refractivity contribution in [1.82, 2.24) is 4.31 Å². The molecule has 0 bridgehead atoms. The van der Waals surface area contributed by atoms with E-state index in [0.717, 1.165) is 0 Å². The summed E-state index contributed by atoms with van der Waals surface area (Å²) >= 11 is 3.17. The molecule has 30 heavy (non-hydrogen) atoms. The Bertz CT molecular complexity index is 1050. The Labute approximate surface area is 183 Å². The summed E-state index contributed by atoms with van der Waals surface area (Å²) in [5, 5.41) is 2.56. The first-order valence-electron chi connectivity index (χ1n) is 9.24. The third-order valence-corrected chi connectivity index (χ3v) is 7.31. The fourth-order valence-corrected chi connectivity index (χ4v) is 5.35. The van der Waals surface area contributed by atoms with Gasteiger partial charge in [-0.1, -0.05) is 15.9 Å². The lowest BCUT2D eigenvalue weighted by Gasteiger charge is -2.31. The number of hydrogen-bond acceptors (Lipinski definition) is 5. The topological polar surface area (TPSA) is 84.9 Å². The number of piperidine rings is 1. The van der Waals surface area contributed by atoms with Crippen LogP contribution in [0.1, 0.15) is 12.8 Å². The highest BCUT2D eigenvalue weighted by atomic mass is 79.9. The number of sulfonamides is 1. The maximum atomic E-state index is 14.0. The van der Waals surface area contributed by atoms with Crippen molar-refractivity contribution >= 4 is 37.5 Å². The average molecular weight is 501 g/mol. The highest BCUT2D eigenvalue weighted by molar-refractivity contribution is 9.10. The molecule has 7 nitrogen and oxygen atoms in total. The molecule has 0 radical (unpaired) electrons. The van der Waals surface area contributed by atoms with Crippen LogP contribution < -0.4 is 14.8 Å². The van der Waals surface area contributed by atoms with Crippen LogP contribution in [0.5, 0.6) is 11.5 Å². The van der Waals surface area contributed by atoms with Crippen molar-refractivity contribution in [1.29, 1.82) is 0 Å². The molecular formula is C20H22BrFN2O5S. The molecule has 2 aromatic rings. The van der Waals surface area contributed by atoms with E-state index in [0.29, 0.717) is 23.1 Å². The fourth-order valence-electron chi connectivity index (χ4n) is 3.33.